The number of nitrogens with zero attached hydrogens (tertiary/aromatic N) is 1. The second-order valence-corrected chi connectivity index (χ2v) is 10.1. The lowest BCUT2D eigenvalue weighted by Crippen LogP contribution is -2.29. The number of aromatic amines is 1. The molecule has 39 heavy (non-hydrogen) atoms. The molecule has 3 aromatic carbocycles. The third-order valence-corrected chi connectivity index (χ3v) is 7.45. The lowest BCUT2D eigenvalue weighted by atomic mass is 9.90. The van der Waals surface area contributed by atoms with Gasteiger partial charge in [0.2, 0.25) is 0 Å². The molecule has 1 aromatic heterocycles. The molecular weight excluding hydrogens is 492 g/mol. The average Bonchev–Trinajstić information content (AvgIpc) is 3.39. The molecule has 1 fully saturated rings. The van der Waals surface area contributed by atoms with Crippen LogP contribution in [0, 0.1) is 13.8 Å². The second kappa shape index (κ2) is 9.98. The Morgan fingerprint density at radius 1 is 0.974 bits per heavy atom. The average molecular weight is 525 g/mol. The minimum Gasteiger partial charge on any atom is -0.507 e. The normalized spacial score (nSPS) is 16.9. The Hall–Kier alpha value is -4.52. The van der Waals surface area contributed by atoms with Gasteiger partial charge < -0.3 is 19.6 Å². The molecule has 1 atom stereocenters. The number of hydrogen-bond acceptors (Lipinski definition) is 5. The van der Waals surface area contributed by atoms with Gasteiger partial charge in [-0.2, -0.15) is 0 Å². The molecule has 1 aliphatic rings. The van der Waals surface area contributed by atoms with Gasteiger partial charge in [-0.3, -0.25) is 14.5 Å². The number of H-pyrrole nitrogens is 1. The number of ether oxygens (including phenoxy) is 2. The van der Waals surface area contributed by atoms with Crippen LogP contribution >= 0.6 is 0 Å². The zero-order valence-corrected chi connectivity index (χ0v) is 23.0. The minimum atomic E-state index is -0.864. The molecule has 1 unspecified atom stereocenters. The van der Waals surface area contributed by atoms with Gasteiger partial charge >= 0.3 is 0 Å². The van der Waals surface area contributed by atoms with Crippen molar-refractivity contribution in [3.63, 3.8) is 0 Å². The van der Waals surface area contributed by atoms with E-state index in [9.17, 15) is 14.7 Å². The van der Waals surface area contributed by atoms with E-state index in [1.165, 1.54) is 4.90 Å². The minimum absolute atomic E-state index is 0.0404. The summed E-state index contributed by atoms with van der Waals surface area (Å²) < 4.78 is 11.0. The first kappa shape index (κ1) is 26.1. The fraction of sp³-hybridized carbons (Fsp3) is 0.250. The summed E-state index contributed by atoms with van der Waals surface area (Å²) in [6, 6.07) is 17.6. The molecule has 2 N–H and O–H groups in total. The number of carbonyl (C=O) groups excluding carboxylic acids is 2. The number of aryl methyl sites for hydroxylation is 2. The first-order valence-corrected chi connectivity index (χ1v) is 12.9. The van der Waals surface area contributed by atoms with Gasteiger partial charge in [-0.05, 0) is 61.2 Å². The maximum atomic E-state index is 13.8. The summed E-state index contributed by atoms with van der Waals surface area (Å²) in [5, 5.41) is 12.7. The van der Waals surface area contributed by atoms with E-state index in [2.05, 4.69) is 4.98 Å². The Bertz CT molecular complexity index is 1650. The van der Waals surface area contributed by atoms with Crippen LogP contribution in [0.2, 0.25) is 0 Å². The van der Waals surface area contributed by atoms with Gasteiger partial charge in [0, 0.05) is 39.5 Å². The van der Waals surface area contributed by atoms with Gasteiger partial charge in [-0.15, -0.1) is 0 Å². The Balaban J connectivity index is 1.83. The van der Waals surface area contributed by atoms with Crippen LogP contribution in [-0.2, 0) is 9.59 Å². The number of anilines is 1. The summed E-state index contributed by atoms with van der Waals surface area (Å²) in [4.78, 5) is 32.4. The van der Waals surface area contributed by atoms with Crippen molar-refractivity contribution in [2.75, 3.05) is 19.1 Å². The highest BCUT2D eigenvalue weighted by Crippen LogP contribution is 2.46. The third kappa shape index (κ3) is 4.24. The Morgan fingerprint density at radius 2 is 1.72 bits per heavy atom. The lowest BCUT2D eigenvalue weighted by Gasteiger charge is -2.26. The van der Waals surface area contributed by atoms with Gasteiger partial charge in [-0.25, -0.2) is 0 Å². The fourth-order valence-electron chi connectivity index (χ4n) is 5.51. The van der Waals surface area contributed by atoms with Crippen molar-refractivity contribution in [3.05, 3.63) is 94.2 Å². The topological polar surface area (TPSA) is 91.9 Å². The van der Waals surface area contributed by atoms with Gasteiger partial charge in [0.25, 0.3) is 11.7 Å². The summed E-state index contributed by atoms with van der Waals surface area (Å²) >= 11 is 0. The molecule has 2 heterocycles. The lowest BCUT2D eigenvalue weighted by molar-refractivity contribution is -0.132. The molecule has 1 amide bonds. The molecule has 200 valence electrons. The summed E-state index contributed by atoms with van der Waals surface area (Å²) in [6.45, 7) is 7.84. The van der Waals surface area contributed by atoms with Crippen LogP contribution in [0.1, 0.15) is 53.8 Å². The van der Waals surface area contributed by atoms with E-state index in [0.29, 0.717) is 22.7 Å². The molecule has 0 spiro atoms. The van der Waals surface area contributed by atoms with Crippen molar-refractivity contribution in [1.82, 2.24) is 4.98 Å². The number of amides is 1. The van der Waals surface area contributed by atoms with Gasteiger partial charge in [0.1, 0.15) is 17.3 Å². The largest absolute Gasteiger partial charge is 0.507 e. The van der Waals surface area contributed by atoms with Crippen molar-refractivity contribution < 1.29 is 24.2 Å². The molecule has 0 aliphatic carbocycles. The highest BCUT2D eigenvalue weighted by Gasteiger charge is 2.48. The monoisotopic (exact) mass is 524 g/mol. The zero-order chi connectivity index (χ0) is 28.0. The zero-order valence-electron chi connectivity index (χ0n) is 23.0. The van der Waals surface area contributed by atoms with Crippen molar-refractivity contribution in [1.29, 1.82) is 0 Å². The van der Waals surface area contributed by atoms with Gasteiger partial charge in [-0.1, -0.05) is 38.1 Å². The Kier molecular flexibility index (Phi) is 6.68. The number of nitrogens with one attached hydrogen (secondary N) is 1. The number of carbonyl (C=O) groups is 2. The van der Waals surface area contributed by atoms with Crippen molar-refractivity contribution in [2.24, 2.45) is 0 Å². The SMILES string of the molecule is COc1cccc(N2C(=O)C(=O)/C(=C(/O)c3cc(C(C)C)c(OC)cc3C)C2c2c(C)[nH]c3ccccc23)c1. The van der Waals surface area contributed by atoms with Gasteiger partial charge in [0.15, 0.2) is 0 Å². The number of rotatable bonds is 6. The van der Waals surface area contributed by atoms with E-state index in [0.717, 1.165) is 33.3 Å². The standard InChI is InChI=1S/C32H32N2O5/c1-17(2)23-16-24(18(3)14-26(23)39-6)30(35)28-29(27-19(4)33-25-13-8-7-12-22(25)27)34(32(37)31(28)36)20-10-9-11-21(15-20)38-5/h7-17,29,33,35H,1-6H3/b30-28+. The number of benzene rings is 3. The van der Waals surface area contributed by atoms with Crippen molar-refractivity contribution >= 4 is 34.0 Å². The van der Waals surface area contributed by atoms with Crippen molar-refractivity contribution in [3.8, 4) is 11.5 Å². The summed E-state index contributed by atoms with van der Waals surface area (Å²) in [5.74, 6) is -0.300. The maximum Gasteiger partial charge on any atom is 0.300 e. The number of aliphatic hydroxyl groups excluding tert-OH is 1. The maximum absolute atomic E-state index is 13.8. The Morgan fingerprint density at radius 3 is 2.41 bits per heavy atom. The highest BCUT2D eigenvalue weighted by atomic mass is 16.5. The van der Waals surface area contributed by atoms with Crippen LogP contribution in [0.5, 0.6) is 11.5 Å². The van der Waals surface area contributed by atoms with E-state index in [4.69, 9.17) is 9.47 Å². The van der Waals surface area contributed by atoms with E-state index in [1.807, 2.05) is 64.1 Å². The molecule has 4 aromatic rings. The highest BCUT2D eigenvalue weighted by molar-refractivity contribution is 6.52. The quantitative estimate of drug-likeness (QED) is 0.170. The molecule has 0 bridgehead atoms. The molecule has 1 saturated heterocycles. The Labute approximate surface area is 227 Å². The number of para-hydroxylation sites is 1. The van der Waals surface area contributed by atoms with Crippen LogP contribution < -0.4 is 14.4 Å². The van der Waals surface area contributed by atoms with Crippen LogP contribution in [0.3, 0.4) is 0 Å². The smallest absolute Gasteiger partial charge is 0.300 e. The van der Waals surface area contributed by atoms with Gasteiger partial charge in [0.05, 0.1) is 25.8 Å². The van der Waals surface area contributed by atoms with Crippen LogP contribution in [0.25, 0.3) is 16.7 Å². The number of Topliss-reactive ketones (excluding diaryl/α,β-unsaturated/α-hetero) is 1. The fourth-order valence-corrected chi connectivity index (χ4v) is 5.51. The first-order valence-electron chi connectivity index (χ1n) is 12.9. The predicted octanol–water partition coefficient (Wildman–Crippen LogP) is 6.55. The van der Waals surface area contributed by atoms with E-state index in [-0.39, 0.29) is 17.3 Å². The second-order valence-electron chi connectivity index (χ2n) is 10.1. The summed E-state index contributed by atoms with van der Waals surface area (Å²) in [6.07, 6.45) is 0. The summed E-state index contributed by atoms with van der Waals surface area (Å²) in [5.41, 5.74) is 5.09. The molecule has 0 saturated carbocycles. The number of ketones is 1. The number of aliphatic hydroxyl groups is 1. The number of hydrogen-bond donors (Lipinski definition) is 2. The number of fused-ring (bicyclic) bond motifs is 1. The van der Waals surface area contributed by atoms with E-state index in [1.54, 1.807) is 38.5 Å². The van der Waals surface area contributed by atoms with E-state index >= 15 is 0 Å². The molecular formula is C32H32N2O5. The van der Waals surface area contributed by atoms with Crippen molar-refractivity contribution in [2.45, 2.75) is 39.7 Å². The first-order chi connectivity index (χ1) is 18.7. The molecule has 5 rings (SSSR count). The molecule has 7 heteroatoms. The summed E-state index contributed by atoms with van der Waals surface area (Å²) in [7, 11) is 3.16. The number of aromatic nitrogens is 1. The molecule has 0 radical (unpaired) electrons. The van der Waals surface area contributed by atoms with Crippen LogP contribution in [0.15, 0.2) is 66.2 Å². The third-order valence-electron chi connectivity index (χ3n) is 7.45. The molecule has 7 nitrogen and oxygen atoms in total. The predicted molar refractivity (Wildman–Crippen MR) is 153 cm³/mol. The van der Waals surface area contributed by atoms with Crippen LogP contribution in [-0.4, -0.2) is 36.0 Å². The number of methoxy groups -OCH3 is 2. The molecule has 1 aliphatic heterocycles. The van der Waals surface area contributed by atoms with Crippen LogP contribution in [0.4, 0.5) is 5.69 Å². The van der Waals surface area contributed by atoms with E-state index < -0.39 is 17.7 Å².